The molecule has 0 amide bonds. The maximum absolute atomic E-state index is 5.88. The highest BCUT2D eigenvalue weighted by molar-refractivity contribution is 8.00. The molecule has 4 N–H and O–H groups in total. The minimum Gasteiger partial charge on any atom is -0.399 e. The lowest BCUT2D eigenvalue weighted by Gasteiger charge is -2.16. The molecule has 146 valence electrons. The molecule has 0 atom stereocenters. The van der Waals surface area contributed by atoms with Crippen molar-refractivity contribution in [1.82, 2.24) is 0 Å². The van der Waals surface area contributed by atoms with Crippen LogP contribution in [-0.2, 0) is 0 Å². The molecule has 0 aliphatic rings. The van der Waals surface area contributed by atoms with Crippen molar-refractivity contribution in [2.75, 3.05) is 11.5 Å². The van der Waals surface area contributed by atoms with Crippen LogP contribution < -0.4 is 11.5 Å². The molecular formula is C26H20N2S2. The molecule has 30 heavy (non-hydrogen) atoms. The zero-order valence-electron chi connectivity index (χ0n) is 16.2. The maximum Gasteiger partial charge on any atom is 0.0314 e. The topological polar surface area (TPSA) is 52.0 Å². The third kappa shape index (κ3) is 3.60. The number of hydrogen-bond acceptors (Lipinski definition) is 4. The predicted molar refractivity (Wildman–Crippen MR) is 131 cm³/mol. The lowest BCUT2D eigenvalue weighted by Crippen LogP contribution is -1.88. The Balaban J connectivity index is 1.73. The van der Waals surface area contributed by atoms with E-state index >= 15 is 0 Å². The Labute approximate surface area is 184 Å². The van der Waals surface area contributed by atoms with Crippen LogP contribution in [0.2, 0.25) is 0 Å². The SMILES string of the molecule is Nc1ccc(Sc2c3ccccc3c(Sc3ccc(N)cc3)c3ccccc23)cc1. The molecule has 2 nitrogen and oxygen atoms in total. The Morgan fingerprint density at radius 2 is 0.700 bits per heavy atom. The van der Waals surface area contributed by atoms with E-state index in [0.717, 1.165) is 11.4 Å². The highest BCUT2D eigenvalue weighted by Gasteiger charge is 2.15. The van der Waals surface area contributed by atoms with Crippen LogP contribution >= 0.6 is 23.5 Å². The fourth-order valence-corrected chi connectivity index (χ4v) is 5.74. The van der Waals surface area contributed by atoms with Gasteiger partial charge in [-0.3, -0.25) is 0 Å². The summed E-state index contributed by atoms with van der Waals surface area (Å²) in [6.45, 7) is 0. The fraction of sp³-hybridized carbons (Fsp3) is 0. The van der Waals surface area contributed by atoms with Crippen molar-refractivity contribution in [3.63, 3.8) is 0 Å². The molecule has 5 aromatic rings. The minimum atomic E-state index is 0.782. The molecule has 0 unspecified atom stereocenters. The number of benzene rings is 5. The monoisotopic (exact) mass is 424 g/mol. The van der Waals surface area contributed by atoms with E-state index in [1.54, 1.807) is 23.5 Å². The summed E-state index contributed by atoms with van der Waals surface area (Å²) >= 11 is 3.58. The van der Waals surface area contributed by atoms with E-state index in [9.17, 15) is 0 Å². The summed E-state index contributed by atoms with van der Waals surface area (Å²) in [4.78, 5) is 4.90. The van der Waals surface area contributed by atoms with E-state index in [0.29, 0.717) is 0 Å². The first-order chi connectivity index (χ1) is 14.7. The van der Waals surface area contributed by atoms with Crippen molar-refractivity contribution in [2.45, 2.75) is 19.6 Å². The molecule has 0 aliphatic heterocycles. The Kier molecular flexibility index (Phi) is 5.03. The van der Waals surface area contributed by atoms with Crippen LogP contribution in [-0.4, -0.2) is 0 Å². The van der Waals surface area contributed by atoms with E-state index < -0.39 is 0 Å². The van der Waals surface area contributed by atoms with E-state index in [2.05, 4.69) is 72.8 Å². The van der Waals surface area contributed by atoms with E-state index in [1.807, 2.05) is 24.3 Å². The maximum atomic E-state index is 5.88. The van der Waals surface area contributed by atoms with Crippen LogP contribution in [0.15, 0.2) is 117 Å². The van der Waals surface area contributed by atoms with Crippen molar-refractivity contribution in [3.05, 3.63) is 97.1 Å². The molecular weight excluding hydrogens is 404 g/mol. The summed E-state index contributed by atoms with van der Waals surface area (Å²) < 4.78 is 0. The molecule has 5 aromatic carbocycles. The zero-order valence-corrected chi connectivity index (χ0v) is 17.8. The van der Waals surface area contributed by atoms with E-state index in [1.165, 1.54) is 41.1 Å². The van der Waals surface area contributed by atoms with Gasteiger partial charge in [0.25, 0.3) is 0 Å². The molecule has 0 saturated heterocycles. The van der Waals surface area contributed by atoms with Crippen LogP contribution in [0.5, 0.6) is 0 Å². The van der Waals surface area contributed by atoms with Gasteiger partial charge in [0, 0.05) is 31.0 Å². The number of nitrogen functional groups attached to an aromatic ring is 2. The summed E-state index contributed by atoms with van der Waals surface area (Å²) in [5, 5.41) is 5.04. The third-order valence-corrected chi connectivity index (χ3v) is 7.34. The predicted octanol–water partition coefficient (Wildman–Crippen LogP) is 7.46. The Morgan fingerprint density at radius 1 is 0.400 bits per heavy atom. The summed E-state index contributed by atoms with van der Waals surface area (Å²) in [6.07, 6.45) is 0. The molecule has 0 spiro atoms. The second kappa shape index (κ2) is 7.98. The smallest absolute Gasteiger partial charge is 0.0314 e. The largest absolute Gasteiger partial charge is 0.399 e. The summed E-state index contributed by atoms with van der Waals surface area (Å²) in [5.41, 5.74) is 13.3. The van der Waals surface area contributed by atoms with Gasteiger partial charge in [0.1, 0.15) is 0 Å². The van der Waals surface area contributed by atoms with Crippen LogP contribution in [0.3, 0.4) is 0 Å². The second-order valence-corrected chi connectivity index (χ2v) is 9.26. The van der Waals surface area contributed by atoms with Crippen molar-refractivity contribution in [2.24, 2.45) is 0 Å². The molecule has 0 aromatic heterocycles. The molecule has 0 saturated carbocycles. The Bertz CT molecular complexity index is 1180. The molecule has 4 heteroatoms. The number of rotatable bonds is 4. The van der Waals surface area contributed by atoms with Crippen LogP contribution in [0.25, 0.3) is 21.5 Å². The van der Waals surface area contributed by atoms with Gasteiger partial charge in [0.2, 0.25) is 0 Å². The van der Waals surface area contributed by atoms with Crippen molar-refractivity contribution >= 4 is 56.4 Å². The first-order valence-electron chi connectivity index (χ1n) is 9.69. The van der Waals surface area contributed by atoms with Gasteiger partial charge in [-0.05, 0) is 70.1 Å². The first kappa shape index (κ1) is 18.9. The standard InChI is InChI=1S/C26H20N2S2/c27-17-9-13-19(14-10-17)29-25-21-5-1-2-6-22(21)26(24-8-4-3-7-23(24)25)30-20-15-11-18(28)12-16-20/h1-16H,27-28H2. The summed E-state index contributed by atoms with van der Waals surface area (Å²) in [7, 11) is 0. The Morgan fingerprint density at radius 3 is 1.00 bits per heavy atom. The average molecular weight is 425 g/mol. The van der Waals surface area contributed by atoms with E-state index in [4.69, 9.17) is 11.5 Å². The van der Waals surface area contributed by atoms with Gasteiger partial charge in [0.15, 0.2) is 0 Å². The van der Waals surface area contributed by atoms with Gasteiger partial charge in [0.05, 0.1) is 0 Å². The second-order valence-electron chi connectivity index (χ2n) is 7.09. The highest BCUT2D eigenvalue weighted by Crippen LogP contribution is 2.46. The summed E-state index contributed by atoms with van der Waals surface area (Å²) in [6, 6.07) is 33.5. The van der Waals surface area contributed by atoms with Crippen molar-refractivity contribution in [3.8, 4) is 0 Å². The number of anilines is 2. The normalized spacial score (nSPS) is 11.2. The zero-order chi connectivity index (χ0) is 20.5. The molecule has 0 bridgehead atoms. The van der Waals surface area contributed by atoms with E-state index in [-0.39, 0.29) is 0 Å². The van der Waals surface area contributed by atoms with Gasteiger partial charge < -0.3 is 11.5 Å². The van der Waals surface area contributed by atoms with Crippen molar-refractivity contribution in [1.29, 1.82) is 0 Å². The average Bonchev–Trinajstić information content (AvgIpc) is 2.78. The van der Waals surface area contributed by atoms with Crippen molar-refractivity contribution < 1.29 is 0 Å². The fourth-order valence-electron chi connectivity index (χ4n) is 3.58. The lowest BCUT2D eigenvalue weighted by molar-refractivity contribution is 1.43. The first-order valence-corrected chi connectivity index (χ1v) is 11.3. The highest BCUT2D eigenvalue weighted by atomic mass is 32.2. The van der Waals surface area contributed by atoms with Gasteiger partial charge >= 0.3 is 0 Å². The summed E-state index contributed by atoms with van der Waals surface area (Å²) in [5.74, 6) is 0. The molecule has 0 aliphatic carbocycles. The van der Waals surface area contributed by atoms with Gasteiger partial charge in [-0.15, -0.1) is 0 Å². The lowest BCUT2D eigenvalue weighted by atomic mass is 10.0. The third-order valence-electron chi connectivity index (χ3n) is 5.03. The molecule has 0 heterocycles. The van der Waals surface area contributed by atoms with Crippen LogP contribution in [0, 0.1) is 0 Å². The van der Waals surface area contributed by atoms with Gasteiger partial charge in [-0.2, -0.15) is 0 Å². The number of fused-ring (bicyclic) bond motifs is 2. The molecule has 5 rings (SSSR count). The molecule has 0 fully saturated rings. The van der Waals surface area contributed by atoms with Crippen LogP contribution in [0.4, 0.5) is 11.4 Å². The molecule has 0 radical (unpaired) electrons. The minimum absolute atomic E-state index is 0.782. The van der Waals surface area contributed by atoms with Gasteiger partial charge in [-0.1, -0.05) is 72.1 Å². The van der Waals surface area contributed by atoms with Crippen LogP contribution in [0.1, 0.15) is 0 Å². The number of hydrogen-bond donors (Lipinski definition) is 2. The quantitative estimate of drug-likeness (QED) is 0.232. The van der Waals surface area contributed by atoms with Gasteiger partial charge in [-0.25, -0.2) is 0 Å². The number of nitrogens with two attached hydrogens (primary N) is 2. The Hall–Kier alpha value is -3.08.